The van der Waals surface area contributed by atoms with Crippen molar-refractivity contribution in [1.29, 1.82) is 0 Å². The molecule has 1 heterocycles. The minimum absolute atomic E-state index is 0.807. The van der Waals surface area contributed by atoms with Crippen molar-refractivity contribution in [2.45, 2.75) is 23.3 Å². The molecule has 0 saturated heterocycles. The van der Waals surface area contributed by atoms with E-state index in [0.29, 0.717) is 0 Å². The van der Waals surface area contributed by atoms with Crippen LogP contribution in [-0.4, -0.2) is 30.4 Å². The Balaban J connectivity index is 0.000000221. The maximum Gasteiger partial charge on any atom is 0.0600 e. The topological polar surface area (TPSA) is 45.4 Å². The largest absolute Gasteiger partial charge is 0.397 e. The van der Waals surface area contributed by atoms with E-state index in [-0.39, 0.29) is 0 Å². The van der Waals surface area contributed by atoms with E-state index in [4.69, 9.17) is 5.73 Å². The molecule has 0 saturated carbocycles. The van der Waals surface area contributed by atoms with Crippen LogP contribution in [0.4, 0.5) is 11.4 Å². The summed E-state index contributed by atoms with van der Waals surface area (Å²) >= 11 is 5.91. The third-order valence-electron chi connectivity index (χ3n) is 4.02. The Morgan fingerprint density at radius 2 is 1.68 bits per heavy atom. The summed E-state index contributed by atoms with van der Waals surface area (Å²) in [4.78, 5) is 8.50. The molecular weight excluding hydrogens is 384 g/mol. The Hall–Kier alpha value is -2.15. The van der Waals surface area contributed by atoms with Gasteiger partial charge in [0.05, 0.1) is 11.4 Å². The number of anilines is 2. The lowest BCUT2D eigenvalue weighted by Crippen LogP contribution is -2.18. The van der Waals surface area contributed by atoms with Gasteiger partial charge in [-0.25, -0.2) is 0 Å². The molecular formula is C22H28N4S2. The predicted molar refractivity (Wildman–Crippen MR) is 125 cm³/mol. The zero-order chi connectivity index (χ0) is 20.5. The minimum Gasteiger partial charge on any atom is -0.397 e. The molecule has 28 heavy (non-hydrogen) atoms. The molecule has 6 heteroatoms. The second-order valence-electron chi connectivity index (χ2n) is 6.61. The fourth-order valence-corrected chi connectivity index (χ4v) is 3.40. The van der Waals surface area contributed by atoms with E-state index < -0.39 is 0 Å². The van der Waals surface area contributed by atoms with Crippen molar-refractivity contribution >= 4 is 36.0 Å². The van der Waals surface area contributed by atoms with E-state index in [1.807, 2.05) is 76.0 Å². The number of nitrogens with zero attached hydrogens (tertiary/aromatic N) is 3. The van der Waals surface area contributed by atoms with Crippen LogP contribution in [-0.2, 0) is 6.54 Å². The molecule has 148 valence electrons. The Morgan fingerprint density at radius 1 is 1.00 bits per heavy atom. The SMILES string of the molecule is CN(C)Sc1ccc(S)cc1.Cc1cnccc1CN(C)c1ccccc1N. The van der Waals surface area contributed by atoms with Gasteiger partial charge < -0.3 is 10.6 Å². The summed E-state index contributed by atoms with van der Waals surface area (Å²) in [7, 11) is 6.10. The number of nitrogens with two attached hydrogens (primary N) is 1. The second-order valence-corrected chi connectivity index (χ2v) is 8.52. The summed E-state index contributed by atoms with van der Waals surface area (Å²) in [6, 6.07) is 18.1. The maximum absolute atomic E-state index is 5.96. The molecule has 0 atom stereocenters. The van der Waals surface area contributed by atoms with Crippen molar-refractivity contribution in [1.82, 2.24) is 9.29 Å². The van der Waals surface area contributed by atoms with Crippen molar-refractivity contribution in [2.24, 2.45) is 0 Å². The molecule has 3 aromatic rings. The van der Waals surface area contributed by atoms with Crippen molar-refractivity contribution < 1.29 is 0 Å². The number of aryl methyl sites for hydroxylation is 1. The third-order valence-corrected chi connectivity index (χ3v) is 5.16. The first kappa shape index (κ1) is 22.1. The standard InChI is InChI=1S/C14H17N3.C8H11NS2/c1-11-9-16-8-7-12(11)10-17(2)14-6-4-3-5-13(14)15;1-9(2)11-8-5-3-7(10)4-6-8/h3-9H,10,15H2,1-2H3;3-6,10H,1-2H3. The summed E-state index contributed by atoms with van der Waals surface area (Å²) in [6.45, 7) is 2.91. The highest BCUT2D eigenvalue weighted by atomic mass is 32.2. The molecule has 0 fully saturated rings. The summed E-state index contributed by atoms with van der Waals surface area (Å²) in [5.41, 5.74) is 10.3. The molecule has 0 aliphatic rings. The molecule has 0 radical (unpaired) electrons. The molecule has 0 bridgehead atoms. The number of hydrogen-bond acceptors (Lipinski definition) is 6. The van der Waals surface area contributed by atoms with E-state index in [9.17, 15) is 0 Å². The highest BCUT2D eigenvalue weighted by molar-refractivity contribution is 7.97. The van der Waals surface area contributed by atoms with Crippen LogP contribution in [0.25, 0.3) is 0 Å². The average Bonchev–Trinajstić information content (AvgIpc) is 2.66. The number of thiol groups is 1. The molecule has 0 unspecified atom stereocenters. The van der Waals surface area contributed by atoms with Gasteiger partial charge in [-0.2, -0.15) is 0 Å². The number of pyridine rings is 1. The summed E-state index contributed by atoms with van der Waals surface area (Å²) in [5, 5.41) is 0. The van der Waals surface area contributed by atoms with Crippen LogP contribution in [0.2, 0.25) is 0 Å². The monoisotopic (exact) mass is 412 g/mol. The Labute approximate surface area is 178 Å². The third kappa shape index (κ3) is 7.11. The molecule has 4 nitrogen and oxygen atoms in total. The summed E-state index contributed by atoms with van der Waals surface area (Å²) in [6.07, 6.45) is 3.71. The van der Waals surface area contributed by atoms with Gasteiger partial charge in [0.1, 0.15) is 0 Å². The fraction of sp³-hybridized carbons (Fsp3) is 0.227. The lowest BCUT2D eigenvalue weighted by atomic mass is 10.1. The maximum atomic E-state index is 5.96. The Morgan fingerprint density at radius 3 is 2.29 bits per heavy atom. The number of aromatic nitrogens is 1. The van der Waals surface area contributed by atoms with E-state index in [1.54, 1.807) is 11.9 Å². The minimum atomic E-state index is 0.807. The average molecular weight is 413 g/mol. The highest BCUT2D eigenvalue weighted by Gasteiger charge is 2.06. The number of rotatable bonds is 5. The highest BCUT2D eigenvalue weighted by Crippen LogP contribution is 2.23. The van der Waals surface area contributed by atoms with E-state index in [2.05, 4.69) is 45.9 Å². The number of nitrogen functional groups attached to an aromatic ring is 1. The van der Waals surface area contributed by atoms with Crippen molar-refractivity contribution in [3.8, 4) is 0 Å². The number of hydrogen-bond donors (Lipinski definition) is 2. The Bertz CT molecular complexity index is 866. The zero-order valence-corrected chi connectivity index (χ0v) is 18.5. The van der Waals surface area contributed by atoms with Crippen LogP contribution in [0.5, 0.6) is 0 Å². The van der Waals surface area contributed by atoms with Gasteiger partial charge in [0.2, 0.25) is 0 Å². The van der Waals surface area contributed by atoms with E-state index >= 15 is 0 Å². The van der Waals surface area contributed by atoms with Crippen LogP contribution in [0.15, 0.2) is 76.8 Å². The molecule has 2 N–H and O–H groups in total. The van der Waals surface area contributed by atoms with Crippen LogP contribution in [0.1, 0.15) is 11.1 Å². The smallest absolute Gasteiger partial charge is 0.0600 e. The number of para-hydroxylation sites is 2. The molecule has 0 spiro atoms. The van der Waals surface area contributed by atoms with Crippen LogP contribution < -0.4 is 10.6 Å². The van der Waals surface area contributed by atoms with Crippen LogP contribution in [0.3, 0.4) is 0 Å². The van der Waals surface area contributed by atoms with Gasteiger partial charge >= 0.3 is 0 Å². The molecule has 0 aliphatic heterocycles. The van der Waals surface area contributed by atoms with Gasteiger partial charge in [-0.15, -0.1) is 12.6 Å². The first-order valence-corrected chi connectivity index (χ1v) is 10.2. The summed E-state index contributed by atoms with van der Waals surface area (Å²) in [5.74, 6) is 0. The molecule has 0 aliphatic carbocycles. The second kappa shape index (κ2) is 11.0. The van der Waals surface area contributed by atoms with Gasteiger partial charge in [-0.3, -0.25) is 9.29 Å². The van der Waals surface area contributed by atoms with Gasteiger partial charge in [0, 0.05) is 35.8 Å². The van der Waals surface area contributed by atoms with E-state index in [1.165, 1.54) is 16.0 Å². The first-order chi connectivity index (χ1) is 13.4. The van der Waals surface area contributed by atoms with Crippen LogP contribution in [0, 0.1) is 6.92 Å². The van der Waals surface area contributed by atoms with E-state index in [0.717, 1.165) is 22.8 Å². The Kier molecular flexibility index (Phi) is 8.70. The first-order valence-electron chi connectivity index (χ1n) is 8.96. The van der Waals surface area contributed by atoms with Crippen molar-refractivity contribution in [3.63, 3.8) is 0 Å². The quantitative estimate of drug-likeness (QED) is 0.345. The predicted octanol–water partition coefficient (Wildman–Crippen LogP) is 5.15. The molecule has 1 aromatic heterocycles. The normalized spacial score (nSPS) is 10.4. The van der Waals surface area contributed by atoms with Crippen molar-refractivity contribution in [3.05, 3.63) is 78.1 Å². The van der Waals surface area contributed by atoms with Gasteiger partial charge in [0.25, 0.3) is 0 Å². The number of benzene rings is 2. The lowest BCUT2D eigenvalue weighted by Gasteiger charge is -2.21. The molecule has 0 amide bonds. The summed E-state index contributed by atoms with van der Waals surface area (Å²) < 4.78 is 2.06. The van der Waals surface area contributed by atoms with Gasteiger partial charge in [0.15, 0.2) is 0 Å². The van der Waals surface area contributed by atoms with Gasteiger partial charge in [-0.1, -0.05) is 12.1 Å². The molecule has 2 aromatic carbocycles. The lowest BCUT2D eigenvalue weighted by molar-refractivity contribution is 0.702. The zero-order valence-electron chi connectivity index (χ0n) is 16.8. The van der Waals surface area contributed by atoms with Gasteiger partial charge in [-0.05, 0) is 86.6 Å². The van der Waals surface area contributed by atoms with Crippen molar-refractivity contribution in [2.75, 3.05) is 31.8 Å². The fourth-order valence-electron chi connectivity index (χ4n) is 2.57. The molecule has 3 rings (SSSR count). The van der Waals surface area contributed by atoms with Crippen LogP contribution >= 0.6 is 24.6 Å².